The molecule has 1 fully saturated rings. The molecule has 4 rings (SSSR count). The van der Waals surface area contributed by atoms with Crippen LogP contribution in [0.5, 0.6) is 5.88 Å². The van der Waals surface area contributed by atoms with Gasteiger partial charge in [0.05, 0.1) is 22.3 Å². The molecule has 0 radical (unpaired) electrons. The molecule has 1 saturated carbocycles. The lowest BCUT2D eigenvalue weighted by atomic mass is 10.1. The van der Waals surface area contributed by atoms with Crippen LogP contribution >= 0.6 is 0 Å². The summed E-state index contributed by atoms with van der Waals surface area (Å²) in [5.74, 6) is -1.32. The Hall–Kier alpha value is -3.00. The number of nitrogens with zero attached hydrogens (tertiary/aromatic N) is 2. The van der Waals surface area contributed by atoms with Gasteiger partial charge in [-0.25, -0.2) is 8.78 Å². The van der Waals surface area contributed by atoms with E-state index in [1.807, 2.05) is 13.0 Å². The average molecular weight is 400 g/mol. The number of nitrogens with one attached hydrogen (secondary N) is 1. The molecular weight excluding hydrogens is 378 g/mol. The summed E-state index contributed by atoms with van der Waals surface area (Å²) in [6, 6.07) is 7.18. The Kier molecular flexibility index (Phi) is 4.74. The quantitative estimate of drug-likeness (QED) is 0.666. The van der Waals surface area contributed by atoms with Crippen LogP contribution in [0.15, 0.2) is 30.3 Å². The topological polar surface area (TPSA) is 81.7 Å². The van der Waals surface area contributed by atoms with Crippen molar-refractivity contribution >= 4 is 11.4 Å². The number of benzene rings is 1. The number of hydrogen-bond donors (Lipinski definition) is 2. The number of carbonyl (C=O) groups excluding carboxylic acids is 1. The minimum Gasteiger partial charge on any atom is -0.473 e. The van der Waals surface area contributed by atoms with Crippen LogP contribution in [-0.2, 0) is 6.61 Å². The summed E-state index contributed by atoms with van der Waals surface area (Å²) >= 11 is 0. The van der Waals surface area contributed by atoms with Crippen molar-refractivity contribution in [1.82, 2.24) is 14.9 Å². The third kappa shape index (κ3) is 3.80. The van der Waals surface area contributed by atoms with E-state index in [0.717, 1.165) is 18.4 Å². The van der Waals surface area contributed by atoms with E-state index in [-0.39, 0.29) is 23.6 Å². The van der Waals surface area contributed by atoms with Gasteiger partial charge in [-0.1, -0.05) is 6.07 Å². The standard InChI is InChI=1S/C21H22F2N4O2/c1-12-8-17-19(20(28)25-11-21(24)6-7-21)13(2)26-27(17)18(9-12)29-10-14-15(22)4-3-5-16(14)23/h3-5,8-9H,6-7,10-11,24H2,1-2H3,(H,25,28). The minimum atomic E-state index is -0.679. The molecule has 2 aromatic heterocycles. The first-order chi connectivity index (χ1) is 13.8. The smallest absolute Gasteiger partial charge is 0.255 e. The second kappa shape index (κ2) is 7.11. The maximum absolute atomic E-state index is 13.9. The molecule has 1 amide bonds. The number of carbonyl (C=O) groups is 1. The van der Waals surface area contributed by atoms with Gasteiger partial charge in [-0.15, -0.1) is 0 Å². The summed E-state index contributed by atoms with van der Waals surface area (Å²) < 4.78 is 35.0. The summed E-state index contributed by atoms with van der Waals surface area (Å²) in [4.78, 5) is 12.7. The molecule has 29 heavy (non-hydrogen) atoms. The van der Waals surface area contributed by atoms with E-state index in [4.69, 9.17) is 10.5 Å². The average Bonchev–Trinajstić information content (AvgIpc) is 3.30. The molecular formula is C21H22F2N4O2. The highest BCUT2D eigenvalue weighted by atomic mass is 19.1. The number of aromatic nitrogens is 2. The predicted molar refractivity (Wildman–Crippen MR) is 104 cm³/mol. The Bertz CT molecular complexity index is 1090. The van der Waals surface area contributed by atoms with Gasteiger partial charge in [0.25, 0.3) is 5.91 Å². The van der Waals surface area contributed by atoms with Gasteiger partial charge in [0.15, 0.2) is 0 Å². The molecule has 0 saturated heterocycles. The predicted octanol–water partition coefficient (Wildman–Crippen LogP) is 3.03. The van der Waals surface area contributed by atoms with Crippen molar-refractivity contribution in [3.63, 3.8) is 0 Å². The summed E-state index contributed by atoms with van der Waals surface area (Å²) in [5, 5.41) is 7.28. The first-order valence-corrected chi connectivity index (χ1v) is 9.40. The lowest BCUT2D eigenvalue weighted by Crippen LogP contribution is -2.39. The van der Waals surface area contributed by atoms with Crippen LogP contribution in [0.1, 0.15) is 40.0 Å². The molecule has 6 nitrogen and oxygen atoms in total. The molecule has 2 heterocycles. The second-order valence-corrected chi connectivity index (χ2v) is 7.66. The summed E-state index contributed by atoms with van der Waals surface area (Å²) in [6.45, 7) is 3.68. The lowest BCUT2D eigenvalue weighted by molar-refractivity contribution is 0.0951. The van der Waals surface area contributed by atoms with Crippen molar-refractivity contribution in [2.45, 2.75) is 38.8 Å². The summed E-state index contributed by atoms with van der Waals surface area (Å²) in [5.41, 5.74) is 7.92. The molecule has 0 aliphatic heterocycles. The Morgan fingerprint density at radius 2 is 1.97 bits per heavy atom. The van der Waals surface area contributed by atoms with Gasteiger partial charge in [-0.05, 0) is 50.5 Å². The van der Waals surface area contributed by atoms with Crippen molar-refractivity contribution < 1.29 is 18.3 Å². The van der Waals surface area contributed by atoms with E-state index in [1.54, 1.807) is 13.0 Å². The lowest BCUT2D eigenvalue weighted by Gasteiger charge is -2.12. The van der Waals surface area contributed by atoms with Crippen LogP contribution in [0, 0.1) is 25.5 Å². The molecule has 8 heteroatoms. The molecule has 0 atom stereocenters. The molecule has 3 N–H and O–H groups in total. The Morgan fingerprint density at radius 1 is 1.28 bits per heavy atom. The first kappa shape index (κ1) is 19.3. The highest BCUT2D eigenvalue weighted by molar-refractivity contribution is 6.02. The fraction of sp³-hybridized carbons (Fsp3) is 0.333. The van der Waals surface area contributed by atoms with Crippen molar-refractivity contribution in [2.75, 3.05) is 6.54 Å². The van der Waals surface area contributed by atoms with E-state index in [2.05, 4.69) is 10.4 Å². The zero-order valence-corrected chi connectivity index (χ0v) is 16.3. The van der Waals surface area contributed by atoms with E-state index in [0.29, 0.717) is 29.2 Å². The van der Waals surface area contributed by atoms with Gasteiger partial charge in [0.2, 0.25) is 5.88 Å². The van der Waals surface area contributed by atoms with Crippen LogP contribution in [0.3, 0.4) is 0 Å². The monoisotopic (exact) mass is 400 g/mol. The van der Waals surface area contributed by atoms with Crippen molar-refractivity contribution in [3.8, 4) is 5.88 Å². The number of amides is 1. The fourth-order valence-electron chi connectivity index (χ4n) is 3.24. The number of ether oxygens (including phenoxy) is 1. The van der Waals surface area contributed by atoms with Gasteiger partial charge in [0.1, 0.15) is 18.2 Å². The number of halogens is 2. The van der Waals surface area contributed by atoms with Gasteiger partial charge in [0, 0.05) is 18.2 Å². The van der Waals surface area contributed by atoms with Crippen LogP contribution in [0.25, 0.3) is 5.52 Å². The molecule has 0 unspecified atom stereocenters. The Labute approximate surface area is 166 Å². The second-order valence-electron chi connectivity index (χ2n) is 7.66. The number of fused-ring (bicyclic) bond motifs is 1. The molecule has 0 bridgehead atoms. The number of aryl methyl sites for hydroxylation is 2. The number of hydrogen-bond acceptors (Lipinski definition) is 4. The van der Waals surface area contributed by atoms with E-state index in [9.17, 15) is 13.6 Å². The Morgan fingerprint density at radius 3 is 2.62 bits per heavy atom. The van der Waals surface area contributed by atoms with Crippen LogP contribution in [0.4, 0.5) is 8.78 Å². The fourth-order valence-corrected chi connectivity index (χ4v) is 3.24. The SMILES string of the molecule is Cc1cc(OCc2c(F)cccc2F)n2nc(C)c(C(=O)NCC3(N)CC3)c2c1. The van der Waals surface area contributed by atoms with Crippen LogP contribution < -0.4 is 15.8 Å². The third-order valence-electron chi connectivity index (χ3n) is 5.17. The molecule has 152 valence electrons. The van der Waals surface area contributed by atoms with E-state index >= 15 is 0 Å². The largest absolute Gasteiger partial charge is 0.473 e. The molecule has 1 aromatic carbocycles. The molecule has 1 aliphatic carbocycles. The Balaban J connectivity index is 1.64. The summed E-state index contributed by atoms with van der Waals surface area (Å²) in [7, 11) is 0. The van der Waals surface area contributed by atoms with Crippen LogP contribution in [-0.4, -0.2) is 27.6 Å². The number of pyridine rings is 1. The summed E-state index contributed by atoms with van der Waals surface area (Å²) in [6.07, 6.45) is 1.79. The minimum absolute atomic E-state index is 0.165. The van der Waals surface area contributed by atoms with Gasteiger partial charge >= 0.3 is 0 Å². The first-order valence-electron chi connectivity index (χ1n) is 9.40. The van der Waals surface area contributed by atoms with Crippen molar-refractivity contribution in [1.29, 1.82) is 0 Å². The van der Waals surface area contributed by atoms with Crippen LogP contribution in [0.2, 0.25) is 0 Å². The third-order valence-corrected chi connectivity index (χ3v) is 5.17. The zero-order valence-electron chi connectivity index (χ0n) is 16.3. The van der Waals surface area contributed by atoms with Gasteiger partial charge in [-0.2, -0.15) is 9.61 Å². The van der Waals surface area contributed by atoms with E-state index in [1.165, 1.54) is 22.7 Å². The number of rotatable bonds is 6. The zero-order chi connectivity index (χ0) is 20.8. The normalized spacial score (nSPS) is 14.8. The number of nitrogens with two attached hydrogens (primary N) is 1. The van der Waals surface area contributed by atoms with Gasteiger partial charge < -0.3 is 15.8 Å². The van der Waals surface area contributed by atoms with Crippen molar-refractivity contribution in [3.05, 3.63) is 64.4 Å². The molecule has 3 aromatic rings. The maximum atomic E-state index is 13.9. The highest BCUT2D eigenvalue weighted by Gasteiger charge is 2.38. The van der Waals surface area contributed by atoms with Gasteiger partial charge in [-0.3, -0.25) is 4.79 Å². The molecule has 0 spiro atoms. The van der Waals surface area contributed by atoms with E-state index < -0.39 is 11.6 Å². The molecule has 1 aliphatic rings. The van der Waals surface area contributed by atoms with Crippen molar-refractivity contribution in [2.24, 2.45) is 5.73 Å². The highest BCUT2D eigenvalue weighted by Crippen LogP contribution is 2.31. The maximum Gasteiger partial charge on any atom is 0.255 e.